The third-order valence-electron chi connectivity index (χ3n) is 5.73. The molecular formula is C25H27N3O2. The summed E-state index contributed by atoms with van der Waals surface area (Å²) >= 11 is 0. The van der Waals surface area contributed by atoms with Crippen molar-refractivity contribution in [2.75, 3.05) is 36.4 Å². The van der Waals surface area contributed by atoms with E-state index in [1.165, 1.54) is 0 Å². The highest BCUT2D eigenvalue weighted by atomic mass is 16.3. The Balaban J connectivity index is 1.40. The molecule has 1 saturated heterocycles. The van der Waals surface area contributed by atoms with Crippen LogP contribution in [0.4, 0.5) is 11.4 Å². The van der Waals surface area contributed by atoms with E-state index in [0.29, 0.717) is 5.75 Å². The molecule has 154 valence electrons. The van der Waals surface area contributed by atoms with Crippen LogP contribution in [0.2, 0.25) is 0 Å². The summed E-state index contributed by atoms with van der Waals surface area (Å²) in [6.07, 6.45) is 0. The molecule has 5 heteroatoms. The maximum absolute atomic E-state index is 13.0. The van der Waals surface area contributed by atoms with Gasteiger partial charge in [0.15, 0.2) is 0 Å². The smallest absolute Gasteiger partial charge is 0.241 e. The summed E-state index contributed by atoms with van der Waals surface area (Å²) in [4.78, 5) is 17.4. The molecule has 0 radical (unpaired) electrons. The van der Waals surface area contributed by atoms with Crippen LogP contribution in [0.3, 0.4) is 0 Å². The molecule has 1 amide bonds. The Kier molecular flexibility index (Phi) is 6.00. The van der Waals surface area contributed by atoms with E-state index in [1.54, 1.807) is 6.07 Å². The lowest BCUT2D eigenvalue weighted by atomic mass is 10.0. The molecule has 3 aromatic carbocycles. The number of carbonyl (C=O) groups is 1. The Hall–Kier alpha value is -3.31. The number of hydrogen-bond donors (Lipinski definition) is 2. The van der Waals surface area contributed by atoms with Crippen molar-refractivity contribution in [3.05, 3.63) is 78.9 Å². The van der Waals surface area contributed by atoms with Crippen LogP contribution in [0.25, 0.3) is 11.1 Å². The van der Waals surface area contributed by atoms with Gasteiger partial charge in [0.2, 0.25) is 5.91 Å². The predicted octanol–water partition coefficient (Wildman–Crippen LogP) is 4.21. The molecule has 2 N–H and O–H groups in total. The summed E-state index contributed by atoms with van der Waals surface area (Å²) in [6.45, 7) is 5.04. The number of hydrogen-bond acceptors (Lipinski definition) is 4. The van der Waals surface area contributed by atoms with Gasteiger partial charge in [-0.05, 0) is 30.7 Å². The van der Waals surface area contributed by atoms with Crippen molar-refractivity contribution in [1.82, 2.24) is 4.90 Å². The molecule has 1 aliphatic rings. The number of phenolic OH excluding ortho intramolecular Hbond substituents is 1. The fourth-order valence-corrected chi connectivity index (χ4v) is 3.95. The number of nitrogens with one attached hydrogen (secondary N) is 1. The Bertz CT molecular complexity index is 998. The van der Waals surface area contributed by atoms with Gasteiger partial charge in [-0.25, -0.2) is 0 Å². The number of carbonyl (C=O) groups excluding carboxylic acids is 1. The summed E-state index contributed by atoms with van der Waals surface area (Å²) in [6, 6.07) is 25.2. The van der Waals surface area contributed by atoms with Crippen molar-refractivity contribution >= 4 is 17.3 Å². The average Bonchev–Trinajstić information content (AvgIpc) is 2.80. The molecule has 3 aromatic rings. The van der Waals surface area contributed by atoms with Gasteiger partial charge in [-0.3, -0.25) is 9.69 Å². The Morgan fingerprint density at radius 3 is 2.23 bits per heavy atom. The first-order chi connectivity index (χ1) is 14.6. The summed E-state index contributed by atoms with van der Waals surface area (Å²) in [7, 11) is 0. The number of anilines is 2. The van der Waals surface area contributed by atoms with Crippen LogP contribution in [-0.4, -0.2) is 48.1 Å². The van der Waals surface area contributed by atoms with Crippen molar-refractivity contribution < 1.29 is 9.90 Å². The minimum atomic E-state index is -0.236. The summed E-state index contributed by atoms with van der Waals surface area (Å²) in [5.41, 5.74) is 3.78. The van der Waals surface area contributed by atoms with Crippen molar-refractivity contribution in [3.8, 4) is 16.9 Å². The molecule has 1 atom stereocenters. The number of rotatable bonds is 5. The van der Waals surface area contributed by atoms with Crippen LogP contribution in [0.1, 0.15) is 6.92 Å². The lowest BCUT2D eigenvalue weighted by Crippen LogP contribution is -2.52. The molecule has 0 spiro atoms. The zero-order valence-corrected chi connectivity index (χ0v) is 17.2. The van der Waals surface area contributed by atoms with Crippen molar-refractivity contribution in [1.29, 1.82) is 0 Å². The van der Waals surface area contributed by atoms with Gasteiger partial charge in [0, 0.05) is 37.4 Å². The lowest BCUT2D eigenvalue weighted by Gasteiger charge is -2.38. The van der Waals surface area contributed by atoms with Crippen molar-refractivity contribution in [3.63, 3.8) is 0 Å². The van der Waals surface area contributed by atoms with Gasteiger partial charge in [0.05, 0.1) is 11.7 Å². The van der Waals surface area contributed by atoms with Crippen LogP contribution >= 0.6 is 0 Å². The first-order valence-corrected chi connectivity index (χ1v) is 10.4. The molecule has 0 aliphatic carbocycles. The van der Waals surface area contributed by atoms with Gasteiger partial charge in [0.25, 0.3) is 0 Å². The number of amides is 1. The Morgan fingerprint density at radius 1 is 0.867 bits per heavy atom. The second kappa shape index (κ2) is 9.01. The number of para-hydroxylation sites is 3. The van der Waals surface area contributed by atoms with Gasteiger partial charge < -0.3 is 15.3 Å². The molecule has 1 aliphatic heterocycles. The largest absolute Gasteiger partial charge is 0.506 e. The Morgan fingerprint density at radius 2 is 1.50 bits per heavy atom. The van der Waals surface area contributed by atoms with Crippen molar-refractivity contribution in [2.45, 2.75) is 13.0 Å². The van der Waals surface area contributed by atoms with E-state index in [-0.39, 0.29) is 11.9 Å². The lowest BCUT2D eigenvalue weighted by molar-refractivity contribution is -0.120. The number of piperazine rings is 1. The Labute approximate surface area is 177 Å². The van der Waals surface area contributed by atoms with Crippen LogP contribution in [0.15, 0.2) is 78.9 Å². The molecule has 1 fully saturated rings. The zero-order chi connectivity index (χ0) is 20.9. The molecule has 0 bridgehead atoms. The minimum absolute atomic E-state index is 0.00519. The monoisotopic (exact) mass is 401 g/mol. The standard InChI is InChI=1S/C25H27N3O2/c1-19(27-15-17-28(18-16-27)23-13-7-8-14-24(23)29)25(30)26-22-12-6-5-11-21(22)20-9-3-2-4-10-20/h2-14,19,29H,15-18H2,1H3,(H,26,30). The molecule has 0 aromatic heterocycles. The van der Waals surface area contributed by atoms with Crippen LogP contribution in [0.5, 0.6) is 5.75 Å². The first-order valence-electron chi connectivity index (χ1n) is 10.4. The van der Waals surface area contributed by atoms with Gasteiger partial charge in [-0.15, -0.1) is 0 Å². The van der Waals surface area contributed by atoms with E-state index in [4.69, 9.17) is 0 Å². The third kappa shape index (κ3) is 4.31. The van der Waals surface area contributed by atoms with Crippen LogP contribution in [0, 0.1) is 0 Å². The summed E-state index contributed by atoms with van der Waals surface area (Å²) < 4.78 is 0. The molecule has 30 heavy (non-hydrogen) atoms. The van der Waals surface area contributed by atoms with Crippen LogP contribution < -0.4 is 10.2 Å². The maximum atomic E-state index is 13.0. The fraction of sp³-hybridized carbons (Fsp3) is 0.240. The highest BCUT2D eigenvalue weighted by Crippen LogP contribution is 2.29. The van der Waals surface area contributed by atoms with E-state index in [1.807, 2.05) is 79.7 Å². The van der Waals surface area contributed by atoms with E-state index < -0.39 is 0 Å². The summed E-state index contributed by atoms with van der Waals surface area (Å²) in [5.74, 6) is 0.295. The van der Waals surface area contributed by atoms with E-state index in [9.17, 15) is 9.90 Å². The first kappa shape index (κ1) is 20.0. The van der Waals surface area contributed by atoms with Gasteiger partial charge in [-0.2, -0.15) is 0 Å². The zero-order valence-electron chi connectivity index (χ0n) is 17.2. The fourth-order valence-electron chi connectivity index (χ4n) is 3.95. The topological polar surface area (TPSA) is 55.8 Å². The second-order valence-corrected chi connectivity index (χ2v) is 7.59. The van der Waals surface area contributed by atoms with Crippen molar-refractivity contribution in [2.24, 2.45) is 0 Å². The van der Waals surface area contributed by atoms with Gasteiger partial charge in [0.1, 0.15) is 5.75 Å². The SMILES string of the molecule is CC(C(=O)Nc1ccccc1-c1ccccc1)N1CCN(c2ccccc2O)CC1. The normalized spacial score (nSPS) is 15.6. The average molecular weight is 402 g/mol. The number of aromatic hydroxyl groups is 1. The predicted molar refractivity (Wildman–Crippen MR) is 122 cm³/mol. The maximum Gasteiger partial charge on any atom is 0.241 e. The van der Waals surface area contributed by atoms with E-state index in [0.717, 1.165) is 48.7 Å². The second-order valence-electron chi connectivity index (χ2n) is 7.59. The highest BCUT2D eigenvalue weighted by Gasteiger charge is 2.26. The van der Waals surface area contributed by atoms with Gasteiger partial charge in [-0.1, -0.05) is 60.7 Å². The van der Waals surface area contributed by atoms with E-state index in [2.05, 4.69) is 15.1 Å². The molecule has 5 nitrogen and oxygen atoms in total. The molecule has 1 heterocycles. The van der Waals surface area contributed by atoms with Gasteiger partial charge >= 0.3 is 0 Å². The third-order valence-corrected chi connectivity index (χ3v) is 5.73. The quantitative estimate of drug-likeness (QED) is 0.673. The highest BCUT2D eigenvalue weighted by molar-refractivity contribution is 5.98. The number of nitrogens with zero attached hydrogens (tertiary/aromatic N) is 2. The molecule has 1 unspecified atom stereocenters. The molecule has 0 saturated carbocycles. The minimum Gasteiger partial charge on any atom is -0.506 e. The number of phenols is 1. The van der Waals surface area contributed by atoms with E-state index >= 15 is 0 Å². The molecule has 4 rings (SSSR count). The summed E-state index contributed by atoms with van der Waals surface area (Å²) in [5, 5.41) is 13.2. The molecular weight excluding hydrogens is 374 g/mol. The van der Waals surface area contributed by atoms with Crippen LogP contribution in [-0.2, 0) is 4.79 Å². The number of benzene rings is 3.